The lowest BCUT2D eigenvalue weighted by Gasteiger charge is -2.07. The van der Waals surface area contributed by atoms with Crippen molar-refractivity contribution in [2.45, 2.75) is 31.9 Å². The number of halogens is 3. The number of amides is 1. The summed E-state index contributed by atoms with van der Waals surface area (Å²) in [7, 11) is 0. The van der Waals surface area contributed by atoms with Crippen molar-refractivity contribution >= 4 is 23.2 Å². The molecule has 1 N–H and O–H groups in total. The zero-order valence-electron chi connectivity index (χ0n) is 12.7. The van der Waals surface area contributed by atoms with Gasteiger partial charge in [0, 0.05) is 17.7 Å². The van der Waals surface area contributed by atoms with Crippen molar-refractivity contribution in [2.75, 3.05) is 5.32 Å². The first-order chi connectivity index (χ1) is 11.4. The number of hydrogen-bond donors (Lipinski definition) is 1. The largest absolute Gasteiger partial charge is 0.461 e. The molecule has 6 heteroatoms. The number of furan rings is 1. The second kappa shape index (κ2) is 5.26. The highest BCUT2D eigenvalue weighted by Crippen LogP contribution is 2.38. The van der Waals surface area contributed by atoms with Crippen molar-refractivity contribution in [2.24, 2.45) is 0 Å². The SMILES string of the molecule is O=C1Nc2cc(C(F)(F)F)ccc2C1=Cc1cc2c(o1)CCCC2. The monoisotopic (exact) mass is 333 g/mol. The average molecular weight is 333 g/mol. The molecule has 1 aromatic heterocycles. The Morgan fingerprint density at radius 1 is 1.12 bits per heavy atom. The molecule has 0 saturated carbocycles. The van der Waals surface area contributed by atoms with Crippen LogP contribution in [0.5, 0.6) is 0 Å². The lowest BCUT2D eigenvalue weighted by molar-refractivity contribution is -0.137. The number of carbonyl (C=O) groups is 1. The molecule has 2 heterocycles. The predicted octanol–water partition coefficient (Wildman–Crippen LogP) is 4.67. The van der Waals surface area contributed by atoms with Crippen LogP contribution in [0.25, 0.3) is 11.6 Å². The maximum Gasteiger partial charge on any atom is 0.416 e. The standard InChI is InChI=1S/C18H14F3NO2/c19-18(20,21)11-5-6-13-14(17(23)22-15(13)8-11)9-12-7-10-3-1-2-4-16(10)24-12/h5-9H,1-4H2,(H,22,23). The molecule has 2 aromatic rings. The Bertz CT molecular complexity index is 838. The average Bonchev–Trinajstić information content (AvgIpc) is 3.07. The third kappa shape index (κ3) is 2.52. The first kappa shape index (κ1) is 15.1. The molecular weight excluding hydrogens is 319 g/mol. The highest BCUT2D eigenvalue weighted by Gasteiger charge is 2.33. The predicted molar refractivity (Wildman–Crippen MR) is 83.3 cm³/mol. The molecule has 24 heavy (non-hydrogen) atoms. The van der Waals surface area contributed by atoms with E-state index in [1.54, 1.807) is 6.08 Å². The quantitative estimate of drug-likeness (QED) is 0.771. The van der Waals surface area contributed by atoms with Crippen molar-refractivity contribution in [3.8, 4) is 0 Å². The molecule has 0 unspecified atom stereocenters. The van der Waals surface area contributed by atoms with Crippen LogP contribution in [0.3, 0.4) is 0 Å². The van der Waals surface area contributed by atoms with E-state index >= 15 is 0 Å². The Morgan fingerprint density at radius 3 is 2.67 bits per heavy atom. The van der Waals surface area contributed by atoms with Crippen molar-refractivity contribution in [1.29, 1.82) is 0 Å². The molecule has 2 aliphatic rings. The Kier molecular flexibility index (Phi) is 3.30. The van der Waals surface area contributed by atoms with E-state index in [-0.39, 0.29) is 5.69 Å². The molecule has 1 aliphatic heterocycles. The number of carbonyl (C=O) groups excluding carboxylic acids is 1. The molecule has 124 valence electrons. The Morgan fingerprint density at radius 2 is 1.92 bits per heavy atom. The summed E-state index contributed by atoms with van der Waals surface area (Å²) in [4.78, 5) is 12.1. The fourth-order valence-corrected chi connectivity index (χ4v) is 3.24. The van der Waals surface area contributed by atoms with E-state index in [1.807, 2.05) is 6.07 Å². The molecule has 0 bridgehead atoms. The Hall–Kier alpha value is -2.50. The zero-order valence-corrected chi connectivity index (χ0v) is 12.7. The summed E-state index contributed by atoms with van der Waals surface area (Å²) >= 11 is 0. The number of rotatable bonds is 1. The molecule has 1 aromatic carbocycles. The van der Waals surface area contributed by atoms with Crippen LogP contribution in [0.4, 0.5) is 18.9 Å². The van der Waals surface area contributed by atoms with Crippen LogP contribution >= 0.6 is 0 Å². The molecule has 0 atom stereocenters. The smallest absolute Gasteiger partial charge is 0.416 e. The molecule has 1 aliphatic carbocycles. The fraction of sp³-hybridized carbons (Fsp3) is 0.278. The van der Waals surface area contributed by atoms with Crippen LogP contribution in [0.2, 0.25) is 0 Å². The van der Waals surface area contributed by atoms with Crippen LogP contribution in [0.15, 0.2) is 28.7 Å². The molecule has 0 fully saturated rings. The minimum Gasteiger partial charge on any atom is -0.461 e. The normalized spacial score (nSPS) is 18.5. The highest BCUT2D eigenvalue weighted by atomic mass is 19.4. The second-order valence-corrected chi connectivity index (χ2v) is 6.07. The fourth-order valence-electron chi connectivity index (χ4n) is 3.24. The van der Waals surface area contributed by atoms with Gasteiger partial charge in [0.25, 0.3) is 5.91 Å². The van der Waals surface area contributed by atoms with E-state index < -0.39 is 17.6 Å². The minimum atomic E-state index is -4.44. The van der Waals surface area contributed by atoms with Gasteiger partial charge in [0.05, 0.1) is 11.1 Å². The molecule has 0 spiro atoms. The van der Waals surface area contributed by atoms with E-state index in [0.29, 0.717) is 16.9 Å². The van der Waals surface area contributed by atoms with E-state index in [4.69, 9.17) is 4.42 Å². The first-order valence-corrected chi connectivity index (χ1v) is 7.78. The van der Waals surface area contributed by atoms with E-state index in [2.05, 4.69) is 5.32 Å². The summed E-state index contributed by atoms with van der Waals surface area (Å²) in [5, 5.41) is 2.49. The highest BCUT2D eigenvalue weighted by molar-refractivity contribution is 6.34. The van der Waals surface area contributed by atoms with Gasteiger partial charge >= 0.3 is 6.18 Å². The lowest BCUT2D eigenvalue weighted by atomic mass is 9.98. The first-order valence-electron chi connectivity index (χ1n) is 7.78. The van der Waals surface area contributed by atoms with Gasteiger partial charge in [-0.05, 0) is 49.1 Å². The number of nitrogens with one attached hydrogen (secondary N) is 1. The Balaban J connectivity index is 1.73. The third-order valence-corrected chi connectivity index (χ3v) is 4.43. The molecule has 0 saturated heterocycles. The van der Waals surface area contributed by atoms with Crippen molar-refractivity contribution in [3.63, 3.8) is 0 Å². The molecule has 1 amide bonds. The number of anilines is 1. The minimum absolute atomic E-state index is 0.178. The zero-order chi connectivity index (χ0) is 16.9. The molecule has 3 nitrogen and oxygen atoms in total. The maximum atomic E-state index is 12.8. The van der Waals surface area contributed by atoms with Crippen molar-refractivity contribution in [3.05, 3.63) is 52.5 Å². The van der Waals surface area contributed by atoms with Gasteiger partial charge in [-0.3, -0.25) is 4.79 Å². The van der Waals surface area contributed by atoms with Crippen molar-refractivity contribution in [1.82, 2.24) is 0 Å². The van der Waals surface area contributed by atoms with E-state index in [1.165, 1.54) is 6.07 Å². The number of aryl methyl sites for hydroxylation is 2. The molecule has 0 radical (unpaired) electrons. The van der Waals surface area contributed by atoms with Gasteiger partial charge in [-0.2, -0.15) is 13.2 Å². The van der Waals surface area contributed by atoms with Crippen LogP contribution < -0.4 is 5.32 Å². The second-order valence-electron chi connectivity index (χ2n) is 6.07. The van der Waals surface area contributed by atoms with Gasteiger partial charge in [-0.25, -0.2) is 0 Å². The summed E-state index contributed by atoms with van der Waals surface area (Å²) in [6, 6.07) is 5.18. The molecule has 4 rings (SSSR count). The summed E-state index contributed by atoms with van der Waals surface area (Å²) in [6.07, 6.45) is 1.21. The number of benzene rings is 1. The van der Waals surface area contributed by atoms with Crippen LogP contribution in [0, 0.1) is 0 Å². The van der Waals surface area contributed by atoms with E-state index in [0.717, 1.165) is 49.1 Å². The van der Waals surface area contributed by atoms with Crippen molar-refractivity contribution < 1.29 is 22.4 Å². The lowest BCUT2D eigenvalue weighted by Crippen LogP contribution is -2.06. The number of hydrogen-bond acceptors (Lipinski definition) is 2. The van der Waals surface area contributed by atoms with Gasteiger partial charge in [-0.1, -0.05) is 6.07 Å². The van der Waals surface area contributed by atoms with Gasteiger partial charge in [0.2, 0.25) is 0 Å². The maximum absolute atomic E-state index is 12.8. The topological polar surface area (TPSA) is 42.2 Å². The van der Waals surface area contributed by atoms with Crippen LogP contribution in [0.1, 0.15) is 41.1 Å². The number of fused-ring (bicyclic) bond motifs is 2. The Labute approximate surface area is 136 Å². The summed E-state index contributed by atoms with van der Waals surface area (Å²) in [5.41, 5.74) is 1.33. The van der Waals surface area contributed by atoms with Gasteiger partial charge in [0.1, 0.15) is 11.5 Å². The van der Waals surface area contributed by atoms with Gasteiger partial charge in [-0.15, -0.1) is 0 Å². The third-order valence-electron chi connectivity index (χ3n) is 4.43. The number of alkyl halides is 3. The van der Waals surface area contributed by atoms with Crippen LogP contribution in [-0.4, -0.2) is 5.91 Å². The van der Waals surface area contributed by atoms with Crippen LogP contribution in [-0.2, 0) is 23.8 Å². The van der Waals surface area contributed by atoms with Gasteiger partial charge < -0.3 is 9.73 Å². The summed E-state index contributed by atoms with van der Waals surface area (Å²) in [5.74, 6) is 1.10. The summed E-state index contributed by atoms with van der Waals surface area (Å²) in [6.45, 7) is 0. The summed E-state index contributed by atoms with van der Waals surface area (Å²) < 4.78 is 44.1. The van der Waals surface area contributed by atoms with E-state index in [9.17, 15) is 18.0 Å². The molecular formula is C18H14F3NO2. The van der Waals surface area contributed by atoms with Gasteiger partial charge in [0.15, 0.2) is 0 Å².